The smallest absolute Gasteiger partial charge is 0.267 e. The molecule has 0 aliphatic carbocycles. The van der Waals surface area contributed by atoms with Gasteiger partial charge in [-0.25, -0.2) is 4.98 Å². The Labute approximate surface area is 127 Å². The highest BCUT2D eigenvalue weighted by atomic mass is 32.1. The average molecular weight is 306 g/mol. The molecule has 0 aromatic carbocycles. The molecule has 0 atom stereocenters. The summed E-state index contributed by atoms with van der Waals surface area (Å²) >= 11 is 1.35. The maximum atomic E-state index is 12.1. The van der Waals surface area contributed by atoms with Gasteiger partial charge in [0.15, 0.2) is 0 Å². The molecule has 0 radical (unpaired) electrons. The second-order valence-corrected chi connectivity index (χ2v) is 6.08. The first-order valence-electron chi connectivity index (χ1n) is 7.04. The molecule has 112 valence electrons. The summed E-state index contributed by atoms with van der Waals surface area (Å²) in [6, 6.07) is 0. The van der Waals surface area contributed by atoms with Crippen molar-refractivity contribution in [1.29, 1.82) is 0 Å². The minimum absolute atomic E-state index is 0.124. The van der Waals surface area contributed by atoms with Crippen LogP contribution in [0.3, 0.4) is 0 Å². The largest absolute Gasteiger partial charge is 0.381 e. The van der Waals surface area contributed by atoms with E-state index in [1.54, 1.807) is 11.7 Å². The van der Waals surface area contributed by atoms with Crippen LogP contribution in [0.15, 0.2) is 17.9 Å². The number of nitrogens with one attached hydrogen (secondary N) is 1. The molecule has 7 heteroatoms. The summed E-state index contributed by atoms with van der Waals surface area (Å²) in [6.45, 7) is 4.37. The fraction of sp³-hybridized carbons (Fsp3) is 0.500. The van der Waals surface area contributed by atoms with Crippen molar-refractivity contribution < 1.29 is 9.53 Å². The number of carbonyl (C=O) groups excluding carboxylic acids is 1. The molecule has 3 heterocycles. The molecule has 1 fully saturated rings. The Morgan fingerprint density at radius 2 is 2.33 bits per heavy atom. The molecule has 1 aliphatic rings. The van der Waals surface area contributed by atoms with Gasteiger partial charge in [-0.05, 0) is 25.7 Å². The summed E-state index contributed by atoms with van der Waals surface area (Å²) in [6.07, 6.45) is 5.71. The Morgan fingerprint density at radius 1 is 1.52 bits per heavy atom. The third kappa shape index (κ3) is 3.48. The first-order chi connectivity index (χ1) is 10.2. The first kappa shape index (κ1) is 14.2. The number of ether oxygens (including phenoxy) is 1. The molecule has 21 heavy (non-hydrogen) atoms. The van der Waals surface area contributed by atoms with Gasteiger partial charge < -0.3 is 10.1 Å². The van der Waals surface area contributed by atoms with Crippen molar-refractivity contribution in [3.8, 4) is 0 Å². The van der Waals surface area contributed by atoms with Crippen molar-refractivity contribution in [2.24, 2.45) is 5.92 Å². The fourth-order valence-corrected chi connectivity index (χ4v) is 3.13. The Kier molecular flexibility index (Phi) is 4.31. The molecular formula is C14H18N4O2S. The van der Waals surface area contributed by atoms with Gasteiger partial charge in [0.2, 0.25) is 0 Å². The maximum absolute atomic E-state index is 12.1. The molecule has 3 rings (SSSR count). The van der Waals surface area contributed by atoms with E-state index in [2.05, 4.69) is 15.4 Å². The lowest BCUT2D eigenvalue weighted by Crippen LogP contribution is -2.20. The van der Waals surface area contributed by atoms with Gasteiger partial charge in [-0.3, -0.25) is 9.48 Å². The number of anilines is 1. The number of amides is 1. The molecule has 0 bridgehead atoms. The third-order valence-electron chi connectivity index (χ3n) is 3.63. The Morgan fingerprint density at radius 3 is 3.05 bits per heavy atom. The van der Waals surface area contributed by atoms with Crippen LogP contribution in [-0.2, 0) is 11.3 Å². The van der Waals surface area contributed by atoms with Crippen LogP contribution in [0.1, 0.15) is 28.2 Å². The lowest BCUT2D eigenvalue weighted by atomic mass is 10.0. The van der Waals surface area contributed by atoms with Gasteiger partial charge in [0.1, 0.15) is 4.88 Å². The molecule has 1 aliphatic heterocycles. The minimum atomic E-state index is -0.124. The third-order valence-corrected chi connectivity index (χ3v) is 4.56. The quantitative estimate of drug-likeness (QED) is 0.941. The number of thiazole rings is 1. The molecule has 0 saturated carbocycles. The Balaban J connectivity index is 1.60. The molecule has 1 N–H and O–H groups in total. The molecule has 1 saturated heterocycles. The van der Waals surface area contributed by atoms with Gasteiger partial charge in [-0.2, -0.15) is 5.10 Å². The van der Waals surface area contributed by atoms with E-state index in [1.807, 2.05) is 17.8 Å². The van der Waals surface area contributed by atoms with Crippen LogP contribution in [0.5, 0.6) is 0 Å². The summed E-state index contributed by atoms with van der Waals surface area (Å²) in [5.41, 5.74) is 3.16. The molecular weight excluding hydrogens is 288 g/mol. The van der Waals surface area contributed by atoms with Crippen molar-refractivity contribution in [2.45, 2.75) is 26.3 Å². The number of carbonyl (C=O) groups is 1. The van der Waals surface area contributed by atoms with Crippen molar-refractivity contribution in [1.82, 2.24) is 14.8 Å². The van der Waals surface area contributed by atoms with Crippen LogP contribution in [0.2, 0.25) is 0 Å². The topological polar surface area (TPSA) is 69.0 Å². The summed E-state index contributed by atoms with van der Waals surface area (Å²) < 4.78 is 7.25. The van der Waals surface area contributed by atoms with Crippen LogP contribution in [0, 0.1) is 12.8 Å². The lowest BCUT2D eigenvalue weighted by Gasteiger charge is -2.21. The van der Waals surface area contributed by atoms with Crippen LogP contribution >= 0.6 is 11.3 Å². The zero-order valence-corrected chi connectivity index (χ0v) is 12.7. The summed E-state index contributed by atoms with van der Waals surface area (Å²) in [5, 5.41) is 7.18. The molecule has 1 amide bonds. The highest BCUT2D eigenvalue weighted by molar-refractivity contribution is 7.12. The van der Waals surface area contributed by atoms with E-state index in [-0.39, 0.29) is 5.91 Å². The van der Waals surface area contributed by atoms with Crippen molar-refractivity contribution >= 4 is 22.9 Å². The van der Waals surface area contributed by atoms with Gasteiger partial charge in [0.25, 0.3) is 5.91 Å². The molecule has 2 aromatic heterocycles. The van der Waals surface area contributed by atoms with Crippen molar-refractivity contribution in [3.63, 3.8) is 0 Å². The van der Waals surface area contributed by atoms with Gasteiger partial charge in [-0.1, -0.05) is 0 Å². The molecule has 2 aromatic rings. The second kappa shape index (κ2) is 6.36. The Hall–Kier alpha value is -1.73. The predicted molar refractivity (Wildman–Crippen MR) is 80.6 cm³/mol. The second-order valence-electron chi connectivity index (χ2n) is 5.23. The van der Waals surface area contributed by atoms with E-state index in [1.165, 1.54) is 11.3 Å². The summed E-state index contributed by atoms with van der Waals surface area (Å²) in [5.74, 6) is 0.478. The van der Waals surface area contributed by atoms with E-state index >= 15 is 0 Å². The zero-order chi connectivity index (χ0) is 14.7. The van der Waals surface area contributed by atoms with Gasteiger partial charge >= 0.3 is 0 Å². The van der Waals surface area contributed by atoms with Gasteiger partial charge in [0, 0.05) is 26.0 Å². The van der Waals surface area contributed by atoms with Gasteiger partial charge in [0.05, 0.1) is 23.1 Å². The maximum Gasteiger partial charge on any atom is 0.267 e. The number of hydrogen-bond donors (Lipinski definition) is 1. The van der Waals surface area contributed by atoms with E-state index < -0.39 is 0 Å². The van der Waals surface area contributed by atoms with Crippen LogP contribution in [0.25, 0.3) is 0 Å². The zero-order valence-electron chi connectivity index (χ0n) is 11.9. The highest BCUT2D eigenvalue weighted by Gasteiger charge is 2.16. The first-order valence-corrected chi connectivity index (χ1v) is 7.92. The number of rotatable bonds is 4. The monoisotopic (exact) mass is 306 g/mol. The van der Waals surface area contributed by atoms with Crippen molar-refractivity contribution in [3.05, 3.63) is 28.5 Å². The van der Waals surface area contributed by atoms with E-state index in [0.29, 0.717) is 10.8 Å². The Bertz CT molecular complexity index is 616. The van der Waals surface area contributed by atoms with Crippen LogP contribution < -0.4 is 5.32 Å². The SMILES string of the molecule is Cc1ncsc1C(=O)Nc1cnn(CC2CCOCC2)c1. The summed E-state index contributed by atoms with van der Waals surface area (Å²) in [7, 11) is 0. The highest BCUT2D eigenvalue weighted by Crippen LogP contribution is 2.18. The van der Waals surface area contributed by atoms with Crippen molar-refractivity contribution in [2.75, 3.05) is 18.5 Å². The molecule has 0 spiro atoms. The average Bonchev–Trinajstić information content (AvgIpc) is 3.09. The van der Waals surface area contributed by atoms with E-state index in [0.717, 1.165) is 44.0 Å². The fourth-order valence-electron chi connectivity index (χ4n) is 2.43. The normalized spacial score (nSPS) is 16.0. The van der Waals surface area contributed by atoms with E-state index in [9.17, 15) is 4.79 Å². The number of aromatic nitrogens is 3. The number of nitrogens with zero attached hydrogens (tertiary/aromatic N) is 3. The lowest BCUT2D eigenvalue weighted by molar-refractivity contribution is 0.0601. The standard InChI is InChI=1S/C14H18N4O2S/c1-10-13(21-9-15-10)14(19)17-12-6-16-18(8-12)7-11-2-4-20-5-3-11/h6,8-9,11H,2-5,7H2,1H3,(H,17,19). The van der Waals surface area contributed by atoms with E-state index in [4.69, 9.17) is 4.74 Å². The predicted octanol–water partition coefficient (Wildman–Crippen LogP) is 2.33. The minimum Gasteiger partial charge on any atom is -0.381 e. The van der Waals surface area contributed by atoms with Gasteiger partial charge in [-0.15, -0.1) is 11.3 Å². The summed E-state index contributed by atoms with van der Waals surface area (Å²) in [4.78, 5) is 16.8. The molecule has 0 unspecified atom stereocenters. The number of hydrogen-bond acceptors (Lipinski definition) is 5. The van der Waals surface area contributed by atoms with Crippen LogP contribution in [-0.4, -0.2) is 33.9 Å². The van der Waals surface area contributed by atoms with Crippen LogP contribution in [0.4, 0.5) is 5.69 Å². The number of aryl methyl sites for hydroxylation is 1. The molecule has 6 nitrogen and oxygen atoms in total.